The van der Waals surface area contributed by atoms with Crippen LogP contribution in [0.15, 0.2) is 42.5 Å². The van der Waals surface area contributed by atoms with Gasteiger partial charge in [0.1, 0.15) is 6.04 Å². The Bertz CT molecular complexity index is 1140. The van der Waals surface area contributed by atoms with Crippen molar-refractivity contribution in [3.63, 3.8) is 0 Å². The number of benzene rings is 2. The second kappa shape index (κ2) is 8.71. The molecule has 0 spiro atoms. The van der Waals surface area contributed by atoms with Crippen LogP contribution < -0.4 is 9.62 Å². The lowest BCUT2D eigenvalue weighted by Crippen LogP contribution is -2.45. The largest absolute Gasteiger partial charge is 0.324 e. The molecule has 0 saturated heterocycles. The Labute approximate surface area is 204 Å². The van der Waals surface area contributed by atoms with Crippen LogP contribution >= 0.6 is 0 Å². The summed E-state index contributed by atoms with van der Waals surface area (Å²) in [6, 6.07) is 13.0. The van der Waals surface area contributed by atoms with Crippen LogP contribution in [0.2, 0.25) is 0 Å². The highest BCUT2D eigenvalue weighted by Crippen LogP contribution is 2.59. The molecule has 4 saturated carbocycles. The lowest BCUT2D eigenvalue weighted by Gasteiger charge is -2.54. The third-order valence-corrected chi connectivity index (χ3v) is 9.58. The van der Waals surface area contributed by atoms with Gasteiger partial charge in [-0.15, -0.1) is 0 Å². The van der Waals surface area contributed by atoms with Crippen LogP contribution in [-0.2, 0) is 14.8 Å². The molecule has 182 valence electrons. The van der Waals surface area contributed by atoms with Crippen molar-refractivity contribution in [2.75, 3.05) is 15.9 Å². The first-order valence-corrected chi connectivity index (χ1v) is 14.4. The number of carbonyl (C=O) groups is 1. The molecular formula is C28H36N2O3S. The number of aryl methyl sites for hydroxylation is 2. The number of anilines is 2. The number of hydrogen-bond acceptors (Lipinski definition) is 3. The fraction of sp³-hybridized carbons (Fsp3) is 0.536. The van der Waals surface area contributed by atoms with E-state index in [0.717, 1.165) is 41.1 Å². The standard InChI is InChI=1S/C28H36N2O3S/c1-17-9-18(2)11-26(10-17)30(34(4,32)33)19(3)28(31)29-25-7-5-22(6-8-25)27-23-13-20-12-21(15-23)16-24(27)14-20/h5-11,19-21,23-24,27H,12-16H2,1-4H3,(H,29,31). The van der Waals surface area contributed by atoms with Gasteiger partial charge in [0.15, 0.2) is 0 Å². The predicted molar refractivity (Wildman–Crippen MR) is 138 cm³/mol. The maximum Gasteiger partial charge on any atom is 0.247 e. The number of amides is 1. The van der Waals surface area contributed by atoms with Crippen LogP contribution in [0.5, 0.6) is 0 Å². The van der Waals surface area contributed by atoms with Crippen molar-refractivity contribution in [3.05, 3.63) is 59.2 Å². The molecule has 1 amide bonds. The zero-order valence-electron chi connectivity index (χ0n) is 20.6. The van der Waals surface area contributed by atoms with Gasteiger partial charge in [-0.1, -0.05) is 18.2 Å². The molecular weight excluding hydrogens is 444 g/mol. The van der Waals surface area contributed by atoms with Crippen LogP contribution in [0.25, 0.3) is 0 Å². The molecule has 1 N–H and O–H groups in total. The first-order chi connectivity index (χ1) is 16.1. The Balaban J connectivity index is 1.31. The predicted octanol–water partition coefficient (Wildman–Crippen LogP) is 5.64. The monoisotopic (exact) mass is 480 g/mol. The summed E-state index contributed by atoms with van der Waals surface area (Å²) in [4.78, 5) is 13.1. The van der Waals surface area contributed by atoms with E-state index in [1.165, 1.54) is 42.0 Å². The number of nitrogens with zero attached hydrogens (tertiary/aromatic N) is 1. The van der Waals surface area contributed by atoms with Gasteiger partial charge in [-0.3, -0.25) is 9.10 Å². The normalized spacial score (nSPS) is 28.5. The molecule has 0 aromatic heterocycles. The summed E-state index contributed by atoms with van der Waals surface area (Å²) in [5.41, 5.74) is 4.53. The van der Waals surface area contributed by atoms with E-state index in [1.807, 2.05) is 32.0 Å². The number of rotatable bonds is 6. The highest BCUT2D eigenvalue weighted by Gasteiger charge is 2.48. The summed E-state index contributed by atoms with van der Waals surface area (Å²) >= 11 is 0. The van der Waals surface area contributed by atoms with Gasteiger partial charge in [0.05, 0.1) is 11.9 Å². The maximum absolute atomic E-state index is 13.1. The van der Waals surface area contributed by atoms with Crippen LogP contribution in [0.4, 0.5) is 11.4 Å². The second-order valence-electron chi connectivity index (χ2n) is 11.1. The van der Waals surface area contributed by atoms with Crippen molar-refractivity contribution in [2.24, 2.45) is 23.7 Å². The average Bonchev–Trinajstić information content (AvgIpc) is 2.72. The summed E-state index contributed by atoms with van der Waals surface area (Å²) in [5, 5.41) is 2.94. The summed E-state index contributed by atoms with van der Waals surface area (Å²) in [5.74, 6) is 3.85. The topological polar surface area (TPSA) is 66.5 Å². The summed E-state index contributed by atoms with van der Waals surface area (Å²) in [6.07, 6.45) is 8.13. The van der Waals surface area contributed by atoms with Crippen LogP contribution in [-0.4, -0.2) is 26.6 Å². The van der Waals surface area contributed by atoms with Gasteiger partial charge in [-0.2, -0.15) is 0 Å². The van der Waals surface area contributed by atoms with Gasteiger partial charge < -0.3 is 5.32 Å². The summed E-state index contributed by atoms with van der Waals surface area (Å²) < 4.78 is 26.5. The highest BCUT2D eigenvalue weighted by molar-refractivity contribution is 7.92. The van der Waals surface area contributed by atoms with Crippen molar-refractivity contribution in [3.8, 4) is 0 Å². The van der Waals surface area contributed by atoms with Gasteiger partial charge in [0, 0.05) is 5.69 Å². The van der Waals surface area contributed by atoms with E-state index in [9.17, 15) is 13.2 Å². The minimum absolute atomic E-state index is 0.341. The smallest absolute Gasteiger partial charge is 0.247 e. The molecule has 4 fully saturated rings. The van der Waals surface area contributed by atoms with E-state index in [-0.39, 0.29) is 5.91 Å². The van der Waals surface area contributed by atoms with Gasteiger partial charge in [-0.05, 0) is 123 Å². The van der Waals surface area contributed by atoms with Gasteiger partial charge in [-0.25, -0.2) is 8.42 Å². The number of carbonyl (C=O) groups excluding carboxylic acids is 1. The van der Waals surface area contributed by atoms with E-state index in [1.54, 1.807) is 19.1 Å². The summed E-state index contributed by atoms with van der Waals surface area (Å²) in [7, 11) is -3.65. The second-order valence-corrected chi connectivity index (χ2v) is 13.0. The quantitative estimate of drug-likeness (QED) is 0.582. The van der Waals surface area contributed by atoms with E-state index >= 15 is 0 Å². The zero-order chi connectivity index (χ0) is 24.2. The van der Waals surface area contributed by atoms with Crippen molar-refractivity contribution >= 4 is 27.3 Å². The van der Waals surface area contributed by atoms with E-state index in [4.69, 9.17) is 0 Å². The van der Waals surface area contributed by atoms with Gasteiger partial charge in [0.25, 0.3) is 0 Å². The lowest BCUT2D eigenvalue weighted by atomic mass is 9.51. The lowest BCUT2D eigenvalue weighted by molar-refractivity contribution is -0.116. The Morgan fingerprint density at radius 1 is 0.912 bits per heavy atom. The van der Waals surface area contributed by atoms with Crippen molar-refractivity contribution in [2.45, 2.75) is 64.8 Å². The molecule has 34 heavy (non-hydrogen) atoms. The summed E-state index contributed by atoms with van der Waals surface area (Å²) in [6.45, 7) is 5.48. The molecule has 1 atom stereocenters. The SMILES string of the molecule is Cc1cc(C)cc(N(C(C)C(=O)Nc2ccc(C3C4CC5CC(C4)CC3C5)cc2)S(C)(=O)=O)c1. The first kappa shape index (κ1) is 23.4. The molecule has 2 aromatic carbocycles. The van der Waals surface area contributed by atoms with E-state index < -0.39 is 16.1 Å². The molecule has 5 nitrogen and oxygen atoms in total. The third kappa shape index (κ3) is 4.49. The number of hydrogen-bond donors (Lipinski definition) is 1. The van der Waals surface area contributed by atoms with Crippen molar-refractivity contribution in [1.29, 1.82) is 0 Å². The molecule has 0 heterocycles. The van der Waals surface area contributed by atoms with Crippen LogP contribution in [0.3, 0.4) is 0 Å². The van der Waals surface area contributed by atoms with Crippen LogP contribution in [0.1, 0.15) is 61.6 Å². The number of nitrogens with one attached hydrogen (secondary N) is 1. The molecule has 2 aromatic rings. The van der Waals surface area contributed by atoms with Crippen LogP contribution in [0, 0.1) is 37.5 Å². The number of sulfonamides is 1. The molecule has 1 unspecified atom stereocenters. The molecule has 6 heteroatoms. The third-order valence-electron chi connectivity index (χ3n) is 8.34. The first-order valence-electron chi connectivity index (χ1n) is 12.6. The molecule has 6 rings (SSSR count). The highest BCUT2D eigenvalue weighted by atomic mass is 32.2. The molecule has 4 aliphatic carbocycles. The minimum Gasteiger partial charge on any atom is -0.324 e. The Morgan fingerprint density at radius 2 is 1.44 bits per heavy atom. The minimum atomic E-state index is -3.65. The van der Waals surface area contributed by atoms with Gasteiger partial charge >= 0.3 is 0 Å². The molecule has 4 bridgehead atoms. The fourth-order valence-corrected chi connectivity index (χ4v) is 8.55. The Kier molecular flexibility index (Phi) is 5.99. The van der Waals surface area contributed by atoms with Gasteiger partial charge in [0.2, 0.25) is 15.9 Å². The zero-order valence-corrected chi connectivity index (χ0v) is 21.4. The molecule has 4 aliphatic rings. The van der Waals surface area contributed by atoms with E-state index in [0.29, 0.717) is 17.3 Å². The maximum atomic E-state index is 13.1. The fourth-order valence-electron chi connectivity index (χ4n) is 7.39. The Hall–Kier alpha value is -2.34. The van der Waals surface area contributed by atoms with Crippen molar-refractivity contribution in [1.82, 2.24) is 0 Å². The van der Waals surface area contributed by atoms with Crippen molar-refractivity contribution < 1.29 is 13.2 Å². The molecule has 0 aliphatic heterocycles. The average molecular weight is 481 g/mol. The molecule has 0 radical (unpaired) electrons. The van der Waals surface area contributed by atoms with E-state index in [2.05, 4.69) is 17.4 Å². The Morgan fingerprint density at radius 3 is 1.94 bits per heavy atom.